The summed E-state index contributed by atoms with van der Waals surface area (Å²) in [5.74, 6) is 0.909. The molecule has 1 heterocycles. The van der Waals surface area contributed by atoms with E-state index in [4.69, 9.17) is 0 Å². The van der Waals surface area contributed by atoms with Crippen molar-refractivity contribution in [2.24, 2.45) is 5.92 Å². The summed E-state index contributed by atoms with van der Waals surface area (Å²) < 4.78 is 0. The third-order valence-corrected chi connectivity index (χ3v) is 4.45. The summed E-state index contributed by atoms with van der Waals surface area (Å²) in [6, 6.07) is 8.48. The molecule has 19 heavy (non-hydrogen) atoms. The van der Waals surface area contributed by atoms with E-state index in [0.717, 1.165) is 17.9 Å². The number of hydrogen-bond donors (Lipinski definition) is 1. The van der Waals surface area contributed by atoms with Crippen LogP contribution in [0.25, 0.3) is 0 Å². The molecule has 1 N–H and O–H groups in total. The molecule has 1 saturated heterocycles. The van der Waals surface area contributed by atoms with Gasteiger partial charge in [0.1, 0.15) is 0 Å². The van der Waals surface area contributed by atoms with Crippen molar-refractivity contribution in [2.75, 3.05) is 18.0 Å². The third-order valence-electron chi connectivity index (χ3n) is 4.45. The Morgan fingerprint density at radius 3 is 2.53 bits per heavy atom. The zero-order valence-electron chi connectivity index (χ0n) is 12.3. The van der Waals surface area contributed by atoms with Crippen molar-refractivity contribution in [3.05, 3.63) is 29.8 Å². The van der Waals surface area contributed by atoms with Gasteiger partial charge in [-0.3, -0.25) is 0 Å². The van der Waals surface area contributed by atoms with Gasteiger partial charge in [0.15, 0.2) is 0 Å². The fourth-order valence-electron chi connectivity index (χ4n) is 2.97. The highest BCUT2D eigenvalue weighted by Gasteiger charge is 2.16. The van der Waals surface area contributed by atoms with Crippen LogP contribution in [0.4, 0.5) is 5.69 Å². The summed E-state index contributed by atoms with van der Waals surface area (Å²) in [5.41, 5.74) is 2.34. The van der Waals surface area contributed by atoms with Crippen LogP contribution in [0.3, 0.4) is 0 Å². The minimum atomic E-state index is -0.317. The van der Waals surface area contributed by atoms with Gasteiger partial charge < -0.3 is 10.0 Å². The lowest BCUT2D eigenvalue weighted by atomic mass is 9.98. The van der Waals surface area contributed by atoms with E-state index in [9.17, 15) is 5.11 Å². The number of anilines is 1. The van der Waals surface area contributed by atoms with Crippen LogP contribution in [0.1, 0.15) is 57.6 Å². The number of hydrogen-bond acceptors (Lipinski definition) is 2. The fraction of sp³-hybridized carbons (Fsp3) is 0.647. The van der Waals surface area contributed by atoms with Crippen molar-refractivity contribution < 1.29 is 5.11 Å². The average Bonchev–Trinajstić information content (AvgIpc) is 2.72. The highest BCUT2D eigenvalue weighted by Crippen LogP contribution is 2.26. The molecular formula is C17H27NO. The molecule has 1 aromatic carbocycles. The van der Waals surface area contributed by atoms with Gasteiger partial charge in [-0.2, -0.15) is 0 Å². The van der Waals surface area contributed by atoms with Gasteiger partial charge in [0, 0.05) is 18.8 Å². The van der Waals surface area contributed by atoms with E-state index >= 15 is 0 Å². The molecular weight excluding hydrogens is 234 g/mol. The summed E-state index contributed by atoms with van der Waals surface area (Å²) in [4.78, 5) is 2.50. The molecule has 1 unspecified atom stereocenters. The highest BCUT2D eigenvalue weighted by molar-refractivity contribution is 5.48. The van der Waals surface area contributed by atoms with Gasteiger partial charge >= 0.3 is 0 Å². The first kappa shape index (κ1) is 14.4. The van der Waals surface area contributed by atoms with Crippen LogP contribution in [-0.4, -0.2) is 18.2 Å². The van der Waals surface area contributed by atoms with Crippen molar-refractivity contribution >= 4 is 5.69 Å². The number of rotatable bonds is 4. The third kappa shape index (κ3) is 3.73. The quantitative estimate of drug-likeness (QED) is 0.880. The Morgan fingerprint density at radius 2 is 1.89 bits per heavy atom. The SMILES string of the molecule is CCC1CCCN(c2ccc([C@H](O)CC)cc2)CC1. The van der Waals surface area contributed by atoms with Crippen LogP contribution in [0.15, 0.2) is 24.3 Å². The van der Waals surface area contributed by atoms with Gasteiger partial charge in [0.05, 0.1) is 6.10 Å². The predicted molar refractivity (Wildman–Crippen MR) is 81.5 cm³/mol. The standard InChI is InChI=1S/C17H27NO/c1-3-14-6-5-12-18(13-11-14)16-9-7-15(8-10-16)17(19)4-2/h7-10,14,17,19H,3-6,11-13H2,1-2H3/t14?,17-/m1/s1. The summed E-state index contributed by atoms with van der Waals surface area (Å²) >= 11 is 0. The first-order chi connectivity index (χ1) is 9.24. The highest BCUT2D eigenvalue weighted by atomic mass is 16.3. The van der Waals surface area contributed by atoms with E-state index in [2.05, 4.69) is 36.1 Å². The molecule has 0 aliphatic carbocycles. The first-order valence-corrected chi connectivity index (χ1v) is 7.77. The molecule has 106 valence electrons. The van der Waals surface area contributed by atoms with Crippen molar-refractivity contribution in [1.29, 1.82) is 0 Å². The second-order valence-corrected chi connectivity index (χ2v) is 5.71. The molecule has 0 amide bonds. The van der Waals surface area contributed by atoms with E-state index in [1.54, 1.807) is 0 Å². The molecule has 2 heteroatoms. The fourth-order valence-corrected chi connectivity index (χ4v) is 2.97. The Morgan fingerprint density at radius 1 is 1.16 bits per heavy atom. The Hall–Kier alpha value is -1.02. The minimum Gasteiger partial charge on any atom is -0.388 e. The molecule has 1 aliphatic rings. The van der Waals surface area contributed by atoms with Gasteiger partial charge in [-0.15, -0.1) is 0 Å². The zero-order valence-corrected chi connectivity index (χ0v) is 12.3. The Labute approximate surface area is 117 Å². The van der Waals surface area contributed by atoms with E-state index in [0.29, 0.717) is 0 Å². The number of nitrogens with zero attached hydrogens (tertiary/aromatic N) is 1. The zero-order chi connectivity index (χ0) is 13.7. The molecule has 1 aromatic rings. The lowest BCUT2D eigenvalue weighted by Crippen LogP contribution is -2.24. The van der Waals surface area contributed by atoms with Crippen molar-refractivity contribution in [2.45, 2.75) is 52.1 Å². The Balaban J connectivity index is 2.01. The maximum absolute atomic E-state index is 9.83. The topological polar surface area (TPSA) is 23.5 Å². The molecule has 0 bridgehead atoms. The summed E-state index contributed by atoms with van der Waals surface area (Å²) in [7, 11) is 0. The second-order valence-electron chi connectivity index (χ2n) is 5.71. The number of aliphatic hydroxyl groups is 1. The van der Waals surface area contributed by atoms with Crippen molar-refractivity contribution in [3.8, 4) is 0 Å². The van der Waals surface area contributed by atoms with Crippen LogP contribution in [0.2, 0.25) is 0 Å². The number of aliphatic hydroxyl groups excluding tert-OH is 1. The maximum atomic E-state index is 9.83. The summed E-state index contributed by atoms with van der Waals surface area (Å²) in [5, 5.41) is 9.83. The van der Waals surface area contributed by atoms with E-state index in [1.807, 2.05) is 6.92 Å². The average molecular weight is 261 g/mol. The largest absolute Gasteiger partial charge is 0.388 e. The molecule has 0 aromatic heterocycles. The Kier molecular flexibility index (Phi) is 5.26. The smallest absolute Gasteiger partial charge is 0.0787 e. The van der Waals surface area contributed by atoms with Crippen molar-refractivity contribution in [1.82, 2.24) is 0 Å². The van der Waals surface area contributed by atoms with E-state index in [1.165, 1.54) is 44.5 Å². The van der Waals surface area contributed by atoms with E-state index < -0.39 is 0 Å². The Bertz CT molecular complexity index is 373. The minimum absolute atomic E-state index is 0.317. The van der Waals surface area contributed by atoms with Crippen LogP contribution >= 0.6 is 0 Å². The van der Waals surface area contributed by atoms with E-state index in [-0.39, 0.29) is 6.10 Å². The van der Waals surface area contributed by atoms with Gasteiger partial charge in [-0.05, 0) is 49.3 Å². The van der Waals surface area contributed by atoms with Crippen LogP contribution in [-0.2, 0) is 0 Å². The normalized spacial score (nSPS) is 22.1. The molecule has 1 aliphatic heterocycles. The molecule has 2 nitrogen and oxygen atoms in total. The maximum Gasteiger partial charge on any atom is 0.0787 e. The number of benzene rings is 1. The molecule has 2 atom stereocenters. The lowest BCUT2D eigenvalue weighted by Gasteiger charge is -2.23. The lowest BCUT2D eigenvalue weighted by molar-refractivity contribution is 0.173. The van der Waals surface area contributed by atoms with Crippen molar-refractivity contribution in [3.63, 3.8) is 0 Å². The monoisotopic (exact) mass is 261 g/mol. The van der Waals surface area contributed by atoms with Crippen LogP contribution < -0.4 is 4.90 Å². The molecule has 1 fully saturated rings. The second kappa shape index (κ2) is 6.95. The van der Waals surface area contributed by atoms with Gasteiger partial charge in [-0.1, -0.05) is 32.4 Å². The van der Waals surface area contributed by atoms with Gasteiger partial charge in [0.2, 0.25) is 0 Å². The van der Waals surface area contributed by atoms with Gasteiger partial charge in [-0.25, -0.2) is 0 Å². The molecule has 0 saturated carbocycles. The van der Waals surface area contributed by atoms with Crippen LogP contribution in [0, 0.1) is 5.92 Å². The summed E-state index contributed by atoms with van der Waals surface area (Å²) in [6.45, 7) is 6.67. The predicted octanol–water partition coefficient (Wildman–Crippen LogP) is 4.15. The van der Waals surface area contributed by atoms with Crippen LogP contribution in [0.5, 0.6) is 0 Å². The molecule has 0 spiro atoms. The summed E-state index contributed by atoms with van der Waals surface area (Å²) in [6.07, 6.45) is 5.77. The molecule has 2 rings (SSSR count). The van der Waals surface area contributed by atoms with Gasteiger partial charge in [0.25, 0.3) is 0 Å². The molecule has 0 radical (unpaired) electrons. The first-order valence-electron chi connectivity index (χ1n) is 7.77.